The van der Waals surface area contributed by atoms with Gasteiger partial charge in [-0.1, -0.05) is 19.9 Å². The van der Waals surface area contributed by atoms with Gasteiger partial charge < -0.3 is 10.6 Å². The van der Waals surface area contributed by atoms with E-state index in [-0.39, 0.29) is 23.4 Å². The number of rotatable bonds is 3. The van der Waals surface area contributed by atoms with Gasteiger partial charge in [0.2, 0.25) is 5.91 Å². The molecule has 0 aromatic heterocycles. The van der Waals surface area contributed by atoms with E-state index >= 15 is 0 Å². The monoisotopic (exact) mass is 182 g/mol. The molecule has 0 saturated carbocycles. The van der Waals surface area contributed by atoms with Crippen LogP contribution in [0.25, 0.3) is 0 Å². The van der Waals surface area contributed by atoms with Crippen molar-refractivity contribution in [3.05, 3.63) is 12.7 Å². The summed E-state index contributed by atoms with van der Waals surface area (Å²) >= 11 is 0. The first-order valence-electron chi connectivity index (χ1n) is 4.63. The fraction of sp³-hybridized carbons (Fsp3) is 0.700. The minimum Gasteiger partial charge on any atom is -0.349 e. The molecule has 1 amide bonds. The molecule has 1 fully saturated rings. The van der Waals surface area contributed by atoms with Gasteiger partial charge in [0.1, 0.15) is 0 Å². The molecule has 2 unspecified atom stereocenters. The maximum atomic E-state index is 11.6. The summed E-state index contributed by atoms with van der Waals surface area (Å²) in [5, 5.41) is 5.99. The third-order valence-corrected chi connectivity index (χ3v) is 2.53. The number of carbonyl (C=O) groups is 1. The van der Waals surface area contributed by atoms with Gasteiger partial charge in [-0.15, -0.1) is 6.58 Å². The van der Waals surface area contributed by atoms with E-state index in [0.717, 1.165) is 6.54 Å². The van der Waals surface area contributed by atoms with Crippen LogP contribution in [0.5, 0.6) is 0 Å². The highest BCUT2D eigenvalue weighted by molar-refractivity contribution is 5.84. The van der Waals surface area contributed by atoms with Crippen molar-refractivity contribution in [1.82, 2.24) is 10.6 Å². The molecule has 3 nitrogen and oxygen atoms in total. The Bertz CT molecular complexity index is 223. The van der Waals surface area contributed by atoms with E-state index in [1.807, 2.05) is 6.92 Å². The second kappa shape index (κ2) is 3.50. The molecule has 13 heavy (non-hydrogen) atoms. The molecule has 74 valence electrons. The Morgan fingerprint density at radius 3 is 2.69 bits per heavy atom. The highest BCUT2D eigenvalue weighted by Gasteiger charge is 2.42. The first-order chi connectivity index (χ1) is 5.97. The SMILES string of the molecule is C=CC(C)NC(=O)C1NCC1(C)C. The van der Waals surface area contributed by atoms with Crippen molar-refractivity contribution >= 4 is 5.91 Å². The Labute approximate surface area is 79.6 Å². The lowest BCUT2D eigenvalue weighted by Gasteiger charge is -2.44. The van der Waals surface area contributed by atoms with Gasteiger partial charge in [-0.3, -0.25) is 4.79 Å². The lowest BCUT2D eigenvalue weighted by atomic mass is 9.77. The third kappa shape index (κ3) is 2.10. The van der Waals surface area contributed by atoms with Gasteiger partial charge in [0, 0.05) is 18.0 Å². The standard InChI is InChI=1S/C10H18N2O/c1-5-7(2)12-9(13)8-10(3,4)6-11-8/h5,7-8,11H,1,6H2,2-4H3,(H,12,13). The molecule has 1 rings (SSSR count). The van der Waals surface area contributed by atoms with Crippen LogP contribution < -0.4 is 10.6 Å². The highest BCUT2D eigenvalue weighted by atomic mass is 16.2. The largest absolute Gasteiger partial charge is 0.349 e. The van der Waals surface area contributed by atoms with E-state index in [4.69, 9.17) is 0 Å². The molecule has 0 aromatic carbocycles. The van der Waals surface area contributed by atoms with E-state index in [1.54, 1.807) is 6.08 Å². The summed E-state index contributed by atoms with van der Waals surface area (Å²) in [6.45, 7) is 10.6. The summed E-state index contributed by atoms with van der Waals surface area (Å²) in [6, 6.07) is 0.000556. The van der Waals surface area contributed by atoms with Gasteiger partial charge >= 0.3 is 0 Å². The Kier molecular flexibility index (Phi) is 2.76. The van der Waals surface area contributed by atoms with Crippen LogP contribution in [0.2, 0.25) is 0 Å². The summed E-state index contributed by atoms with van der Waals surface area (Å²) in [7, 11) is 0. The van der Waals surface area contributed by atoms with Crippen LogP contribution in [0.1, 0.15) is 20.8 Å². The molecule has 0 radical (unpaired) electrons. The average Bonchev–Trinajstić information content (AvgIpc) is 2.02. The molecule has 2 atom stereocenters. The van der Waals surface area contributed by atoms with Crippen molar-refractivity contribution in [3.63, 3.8) is 0 Å². The minimum absolute atomic E-state index is 0.0464. The van der Waals surface area contributed by atoms with Crippen molar-refractivity contribution < 1.29 is 4.79 Å². The summed E-state index contributed by atoms with van der Waals surface area (Å²) in [5.74, 6) is 0.0728. The van der Waals surface area contributed by atoms with E-state index in [9.17, 15) is 4.79 Å². The Hall–Kier alpha value is -0.830. The lowest BCUT2D eigenvalue weighted by molar-refractivity contribution is -0.129. The maximum Gasteiger partial charge on any atom is 0.238 e. The number of hydrogen-bond donors (Lipinski definition) is 2. The molecule has 0 spiro atoms. The Morgan fingerprint density at radius 1 is 1.77 bits per heavy atom. The summed E-state index contributed by atoms with van der Waals surface area (Å²) in [4.78, 5) is 11.6. The zero-order valence-electron chi connectivity index (χ0n) is 8.55. The molecule has 0 aliphatic carbocycles. The lowest BCUT2D eigenvalue weighted by Crippen LogP contribution is -2.66. The van der Waals surface area contributed by atoms with Gasteiger partial charge in [-0.2, -0.15) is 0 Å². The molecular weight excluding hydrogens is 164 g/mol. The highest BCUT2D eigenvalue weighted by Crippen LogP contribution is 2.27. The normalized spacial score (nSPS) is 27.2. The van der Waals surface area contributed by atoms with Crippen molar-refractivity contribution in [3.8, 4) is 0 Å². The molecule has 1 saturated heterocycles. The molecule has 0 bridgehead atoms. The minimum atomic E-state index is -0.0464. The molecule has 1 aliphatic heterocycles. The molecule has 0 aromatic rings. The average molecular weight is 182 g/mol. The van der Waals surface area contributed by atoms with E-state index in [0.29, 0.717) is 0 Å². The molecular formula is C10H18N2O. The Balaban J connectivity index is 2.45. The fourth-order valence-corrected chi connectivity index (χ4v) is 1.43. The van der Waals surface area contributed by atoms with Crippen molar-refractivity contribution in [1.29, 1.82) is 0 Å². The van der Waals surface area contributed by atoms with E-state index < -0.39 is 0 Å². The maximum absolute atomic E-state index is 11.6. The van der Waals surface area contributed by atoms with Gasteiger partial charge in [0.05, 0.1) is 6.04 Å². The fourth-order valence-electron chi connectivity index (χ4n) is 1.43. The number of amides is 1. The second-order valence-corrected chi connectivity index (χ2v) is 4.34. The summed E-state index contributed by atoms with van der Waals surface area (Å²) in [5.41, 5.74) is 0.0883. The zero-order chi connectivity index (χ0) is 10.1. The van der Waals surface area contributed by atoms with E-state index in [1.165, 1.54) is 0 Å². The Morgan fingerprint density at radius 2 is 2.38 bits per heavy atom. The predicted molar refractivity (Wildman–Crippen MR) is 53.4 cm³/mol. The van der Waals surface area contributed by atoms with Crippen LogP contribution in [-0.2, 0) is 4.79 Å². The molecule has 3 heteroatoms. The van der Waals surface area contributed by atoms with Gasteiger partial charge in [-0.05, 0) is 6.92 Å². The number of carbonyl (C=O) groups excluding carboxylic acids is 1. The van der Waals surface area contributed by atoms with Crippen LogP contribution in [-0.4, -0.2) is 24.5 Å². The molecule has 2 N–H and O–H groups in total. The third-order valence-electron chi connectivity index (χ3n) is 2.53. The first kappa shape index (κ1) is 10.3. The van der Waals surface area contributed by atoms with Crippen molar-refractivity contribution in [2.75, 3.05) is 6.54 Å². The van der Waals surface area contributed by atoms with Crippen molar-refractivity contribution in [2.45, 2.75) is 32.9 Å². The summed E-state index contributed by atoms with van der Waals surface area (Å²) in [6.07, 6.45) is 1.73. The molecule has 1 aliphatic rings. The van der Waals surface area contributed by atoms with Crippen LogP contribution in [0.3, 0.4) is 0 Å². The number of hydrogen-bond acceptors (Lipinski definition) is 2. The van der Waals surface area contributed by atoms with Crippen LogP contribution in [0.4, 0.5) is 0 Å². The zero-order valence-corrected chi connectivity index (χ0v) is 8.55. The molecule has 1 heterocycles. The predicted octanol–water partition coefficient (Wildman–Crippen LogP) is 0.675. The van der Waals surface area contributed by atoms with Crippen molar-refractivity contribution in [2.24, 2.45) is 5.41 Å². The topological polar surface area (TPSA) is 41.1 Å². The first-order valence-corrected chi connectivity index (χ1v) is 4.63. The number of nitrogens with one attached hydrogen (secondary N) is 2. The quantitative estimate of drug-likeness (QED) is 0.630. The smallest absolute Gasteiger partial charge is 0.238 e. The van der Waals surface area contributed by atoms with Crippen LogP contribution in [0, 0.1) is 5.41 Å². The second-order valence-electron chi connectivity index (χ2n) is 4.34. The van der Waals surface area contributed by atoms with Gasteiger partial charge in [0.15, 0.2) is 0 Å². The van der Waals surface area contributed by atoms with E-state index in [2.05, 4.69) is 31.1 Å². The summed E-state index contributed by atoms with van der Waals surface area (Å²) < 4.78 is 0. The van der Waals surface area contributed by atoms with Gasteiger partial charge in [-0.25, -0.2) is 0 Å². The van der Waals surface area contributed by atoms with Crippen LogP contribution >= 0.6 is 0 Å². The van der Waals surface area contributed by atoms with Crippen LogP contribution in [0.15, 0.2) is 12.7 Å². The van der Waals surface area contributed by atoms with Gasteiger partial charge in [0.25, 0.3) is 0 Å².